The molecule has 4 nitrogen and oxygen atoms in total. The van der Waals surface area contributed by atoms with Crippen LogP contribution >= 0.6 is 11.3 Å². The minimum absolute atomic E-state index is 0.847. The number of anilines is 2. The van der Waals surface area contributed by atoms with Gasteiger partial charge in [-0.15, -0.1) is 10.2 Å². The Morgan fingerprint density at radius 2 is 0.651 bits per heavy atom. The molecule has 0 aromatic carbocycles. The molecule has 0 fully saturated rings. The van der Waals surface area contributed by atoms with Crippen LogP contribution in [0.3, 0.4) is 0 Å². The molecule has 0 aliphatic rings. The van der Waals surface area contributed by atoms with E-state index >= 15 is 0 Å². The third-order valence-corrected chi connectivity index (χ3v) is 9.31. The highest BCUT2D eigenvalue weighted by Crippen LogP contribution is 2.20. The van der Waals surface area contributed by atoms with Crippen molar-refractivity contribution in [2.24, 2.45) is 0 Å². The molecule has 0 amide bonds. The summed E-state index contributed by atoms with van der Waals surface area (Å²) in [4.78, 5) is 0. The second kappa shape index (κ2) is 33.5. The molecule has 1 aromatic rings. The maximum Gasteiger partial charge on any atom is 0.211 e. The van der Waals surface area contributed by atoms with Crippen LogP contribution in [0.2, 0.25) is 0 Å². The lowest BCUT2D eigenvalue weighted by molar-refractivity contribution is 0.536. The summed E-state index contributed by atoms with van der Waals surface area (Å²) < 4.78 is 0. The van der Waals surface area contributed by atoms with E-state index in [0.29, 0.717) is 0 Å². The van der Waals surface area contributed by atoms with E-state index in [9.17, 15) is 0 Å². The van der Waals surface area contributed by atoms with Crippen LogP contribution in [-0.2, 0) is 0 Å². The molecule has 0 unspecified atom stereocenters. The van der Waals surface area contributed by atoms with Crippen molar-refractivity contribution in [3.8, 4) is 0 Å². The van der Waals surface area contributed by atoms with Gasteiger partial charge in [0.25, 0.3) is 0 Å². The second-order valence-corrected chi connectivity index (χ2v) is 13.8. The second-order valence-electron chi connectivity index (χ2n) is 12.8. The Morgan fingerprint density at radius 3 is 0.930 bits per heavy atom. The van der Waals surface area contributed by atoms with E-state index in [1.165, 1.54) is 180 Å². The Kier molecular flexibility index (Phi) is 30.9. The summed E-state index contributed by atoms with van der Waals surface area (Å²) in [6.45, 7) is 4.59. The van der Waals surface area contributed by atoms with E-state index in [1.807, 2.05) is 12.4 Å². The van der Waals surface area contributed by atoms with Crippen molar-refractivity contribution in [3.63, 3.8) is 0 Å². The van der Waals surface area contributed by atoms with Gasteiger partial charge >= 0.3 is 0 Å². The zero-order chi connectivity index (χ0) is 30.7. The first-order valence-corrected chi connectivity index (χ1v) is 19.8. The lowest BCUT2D eigenvalue weighted by atomic mass is 10.0. The molecule has 0 spiro atoms. The van der Waals surface area contributed by atoms with Crippen LogP contribution in [0.4, 0.5) is 10.3 Å². The highest BCUT2D eigenvalue weighted by molar-refractivity contribution is 7.19. The fourth-order valence-electron chi connectivity index (χ4n) is 5.68. The molecular formula is C38H72N4S. The van der Waals surface area contributed by atoms with Crippen molar-refractivity contribution in [1.29, 1.82) is 0 Å². The third-order valence-electron chi connectivity index (χ3n) is 8.52. The number of unbranched alkanes of at least 4 members (excludes halogenated alkanes) is 28. The van der Waals surface area contributed by atoms with Gasteiger partial charge in [0.05, 0.1) is 0 Å². The quantitative estimate of drug-likeness (QED) is 0.0756. The van der Waals surface area contributed by atoms with Crippen LogP contribution in [0.25, 0.3) is 0 Å². The first-order chi connectivity index (χ1) is 21.4. The van der Waals surface area contributed by atoms with Gasteiger partial charge in [-0.05, 0) is 38.1 Å². The summed E-state index contributed by atoms with van der Waals surface area (Å²) >= 11 is 1.56. The SMILES string of the molecule is CCCCCCCCCCCCCCCC/C=C/Nc1nnc(N/C=C/CCCCCCCCCCCCCCCC)s1. The van der Waals surface area contributed by atoms with Crippen LogP contribution in [0.15, 0.2) is 24.6 Å². The topological polar surface area (TPSA) is 49.8 Å². The van der Waals surface area contributed by atoms with Gasteiger partial charge in [-0.2, -0.15) is 0 Å². The molecule has 250 valence electrons. The van der Waals surface area contributed by atoms with Crippen molar-refractivity contribution in [3.05, 3.63) is 24.6 Å². The standard InChI is InChI=1S/C38H72N4S/c1-3-5-7-9-11-13-15-17-19-21-23-25-27-29-31-33-35-39-37-41-42-38(43-37)40-36-34-32-30-28-26-24-22-20-18-16-14-12-10-8-6-4-2/h33-36H,3-32H2,1-2H3,(H,39,41)(H,40,42)/b35-33+,36-34+. The van der Waals surface area contributed by atoms with E-state index in [4.69, 9.17) is 0 Å². The Labute approximate surface area is 272 Å². The lowest BCUT2D eigenvalue weighted by Crippen LogP contribution is -1.86. The van der Waals surface area contributed by atoms with Crippen LogP contribution in [-0.4, -0.2) is 10.2 Å². The number of rotatable bonds is 34. The number of hydrogen-bond donors (Lipinski definition) is 2. The Hall–Kier alpha value is -1.36. The van der Waals surface area contributed by atoms with Gasteiger partial charge < -0.3 is 10.6 Å². The molecule has 0 radical (unpaired) electrons. The third kappa shape index (κ3) is 29.1. The van der Waals surface area contributed by atoms with E-state index in [-0.39, 0.29) is 0 Å². The number of nitrogens with one attached hydrogen (secondary N) is 2. The van der Waals surface area contributed by atoms with Crippen LogP contribution in [0.1, 0.15) is 206 Å². The Morgan fingerprint density at radius 1 is 0.395 bits per heavy atom. The van der Waals surface area contributed by atoms with E-state index in [1.54, 1.807) is 11.3 Å². The van der Waals surface area contributed by atoms with E-state index < -0.39 is 0 Å². The van der Waals surface area contributed by atoms with Gasteiger partial charge in [-0.25, -0.2) is 0 Å². The van der Waals surface area contributed by atoms with Gasteiger partial charge in [0.2, 0.25) is 10.3 Å². The first kappa shape index (κ1) is 39.7. The molecule has 5 heteroatoms. The highest BCUT2D eigenvalue weighted by atomic mass is 32.1. The highest BCUT2D eigenvalue weighted by Gasteiger charge is 2.00. The summed E-state index contributed by atoms with van der Waals surface area (Å²) in [7, 11) is 0. The van der Waals surface area contributed by atoms with Crippen LogP contribution < -0.4 is 10.6 Å². The summed E-state index contributed by atoms with van der Waals surface area (Å²) in [6.07, 6.45) is 50.3. The van der Waals surface area contributed by atoms with Gasteiger partial charge in [-0.1, -0.05) is 204 Å². The lowest BCUT2D eigenvalue weighted by Gasteiger charge is -2.02. The average Bonchev–Trinajstić information content (AvgIpc) is 3.47. The molecule has 0 bridgehead atoms. The molecule has 0 aliphatic carbocycles. The number of allylic oxidation sites excluding steroid dienone is 2. The van der Waals surface area contributed by atoms with Gasteiger partial charge in [-0.3, -0.25) is 0 Å². The minimum atomic E-state index is 0.847. The molecule has 1 heterocycles. The zero-order valence-corrected chi connectivity index (χ0v) is 29.6. The fraction of sp³-hybridized carbons (Fsp3) is 0.842. The number of nitrogens with zero attached hydrogens (tertiary/aromatic N) is 2. The predicted molar refractivity (Wildman–Crippen MR) is 195 cm³/mol. The maximum absolute atomic E-state index is 4.23. The molecular weight excluding hydrogens is 545 g/mol. The van der Waals surface area contributed by atoms with Crippen molar-refractivity contribution >= 4 is 21.6 Å². The molecule has 1 aromatic heterocycles. The predicted octanol–water partition coefficient (Wildman–Crippen LogP) is 14.1. The molecule has 0 atom stereocenters. The Balaban J connectivity index is 1.84. The van der Waals surface area contributed by atoms with Gasteiger partial charge in [0.1, 0.15) is 0 Å². The smallest absolute Gasteiger partial charge is 0.211 e. The normalized spacial score (nSPS) is 11.8. The molecule has 0 aliphatic heterocycles. The summed E-state index contributed by atoms with van der Waals surface area (Å²) in [5, 5.41) is 16.7. The van der Waals surface area contributed by atoms with Crippen molar-refractivity contribution < 1.29 is 0 Å². The number of hydrogen-bond acceptors (Lipinski definition) is 5. The van der Waals surface area contributed by atoms with Crippen molar-refractivity contribution in [2.75, 3.05) is 10.6 Å². The average molecular weight is 617 g/mol. The van der Waals surface area contributed by atoms with Crippen molar-refractivity contribution in [1.82, 2.24) is 10.2 Å². The monoisotopic (exact) mass is 617 g/mol. The zero-order valence-electron chi connectivity index (χ0n) is 28.8. The summed E-state index contributed by atoms with van der Waals surface area (Å²) in [6, 6.07) is 0. The van der Waals surface area contributed by atoms with E-state index in [2.05, 4.69) is 46.8 Å². The molecule has 1 rings (SSSR count). The minimum Gasteiger partial charge on any atom is -0.337 e. The summed E-state index contributed by atoms with van der Waals surface area (Å²) in [5.41, 5.74) is 0. The maximum atomic E-state index is 4.23. The number of aromatic nitrogens is 2. The van der Waals surface area contributed by atoms with Crippen LogP contribution in [0, 0.1) is 0 Å². The fourth-order valence-corrected chi connectivity index (χ4v) is 6.28. The summed E-state index contributed by atoms with van der Waals surface area (Å²) in [5.74, 6) is 0. The first-order valence-electron chi connectivity index (χ1n) is 19.0. The molecule has 2 N–H and O–H groups in total. The van der Waals surface area contributed by atoms with Gasteiger partial charge in [0, 0.05) is 0 Å². The van der Waals surface area contributed by atoms with E-state index in [0.717, 1.165) is 23.1 Å². The molecule has 43 heavy (non-hydrogen) atoms. The van der Waals surface area contributed by atoms with Gasteiger partial charge in [0.15, 0.2) is 0 Å². The van der Waals surface area contributed by atoms with Crippen LogP contribution in [0.5, 0.6) is 0 Å². The van der Waals surface area contributed by atoms with Crippen molar-refractivity contribution in [2.45, 2.75) is 206 Å². The molecule has 0 saturated carbocycles. The largest absolute Gasteiger partial charge is 0.337 e. The Bertz CT molecular complexity index is 671. The molecule has 0 saturated heterocycles.